The molecule has 172 valence electrons. The van der Waals surface area contributed by atoms with E-state index in [0.29, 0.717) is 17.2 Å². The Balaban J connectivity index is 1.94. The minimum absolute atomic E-state index is 0.0295. The van der Waals surface area contributed by atoms with Gasteiger partial charge in [0.05, 0.1) is 35.4 Å². The normalized spacial score (nSPS) is 10.8. The minimum atomic E-state index is -4.15. The number of rotatable bonds is 9. The Kier molecular flexibility index (Phi) is 7.13. The number of anilines is 2. The van der Waals surface area contributed by atoms with Gasteiger partial charge in [0.15, 0.2) is 0 Å². The number of amides is 1. The summed E-state index contributed by atoms with van der Waals surface area (Å²) in [6.45, 7) is -0.579. The number of benzene rings is 3. The molecule has 3 aromatic carbocycles. The van der Waals surface area contributed by atoms with E-state index in [1.807, 2.05) is 0 Å². The zero-order chi connectivity index (χ0) is 24.0. The van der Waals surface area contributed by atoms with E-state index >= 15 is 0 Å². The van der Waals surface area contributed by atoms with Gasteiger partial charge in [0, 0.05) is 18.2 Å². The van der Waals surface area contributed by atoms with Gasteiger partial charge in [-0.2, -0.15) is 0 Å². The molecule has 0 spiro atoms. The van der Waals surface area contributed by atoms with Crippen molar-refractivity contribution in [3.63, 3.8) is 0 Å². The molecule has 0 unspecified atom stereocenters. The molecule has 1 N–H and O–H groups in total. The first-order valence-electron chi connectivity index (χ1n) is 9.60. The third kappa shape index (κ3) is 5.39. The van der Waals surface area contributed by atoms with E-state index in [9.17, 15) is 23.3 Å². The fraction of sp³-hybridized carbons (Fsp3) is 0.136. The molecule has 10 nitrogen and oxygen atoms in total. The maximum absolute atomic E-state index is 13.3. The largest absolute Gasteiger partial charge is 0.497 e. The van der Waals surface area contributed by atoms with Crippen LogP contribution in [0.1, 0.15) is 0 Å². The van der Waals surface area contributed by atoms with Crippen LogP contribution in [0.3, 0.4) is 0 Å². The van der Waals surface area contributed by atoms with Crippen LogP contribution in [0.25, 0.3) is 0 Å². The van der Waals surface area contributed by atoms with Gasteiger partial charge in [-0.1, -0.05) is 18.2 Å². The highest BCUT2D eigenvalue weighted by molar-refractivity contribution is 7.92. The second-order valence-corrected chi connectivity index (χ2v) is 8.57. The molecule has 0 atom stereocenters. The molecule has 0 saturated carbocycles. The number of carbonyl (C=O) groups is 1. The molecule has 0 aliphatic rings. The van der Waals surface area contributed by atoms with E-state index in [1.54, 1.807) is 36.4 Å². The van der Waals surface area contributed by atoms with Gasteiger partial charge in [0.2, 0.25) is 5.91 Å². The summed E-state index contributed by atoms with van der Waals surface area (Å²) in [6, 6.07) is 17.2. The quantitative estimate of drug-likeness (QED) is 0.374. The smallest absolute Gasteiger partial charge is 0.269 e. The molecule has 0 bridgehead atoms. The second kappa shape index (κ2) is 10.0. The topological polar surface area (TPSA) is 128 Å². The summed E-state index contributed by atoms with van der Waals surface area (Å²) in [5.74, 6) is 0.204. The van der Waals surface area contributed by atoms with E-state index in [-0.39, 0.29) is 16.3 Å². The highest BCUT2D eigenvalue weighted by Gasteiger charge is 2.28. The van der Waals surface area contributed by atoms with Gasteiger partial charge >= 0.3 is 0 Å². The first-order valence-corrected chi connectivity index (χ1v) is 11.0. The number of non-ortho nitro benzene ring substituents is 1. The number of methoxy groups -OCH3 is 2. The number of nitrogens with one attached hydrogen (secondary N) is 1. The van der Waals surface area contributed by atoms with E-state index in [2.05, 4.69) is 5.32 Å². The highest BCUT2D eigenvalue weighted by Crippen LogP contribution is 2.30. The molecule has 0 aromatic heterocycles. The number of hydrogen-bond acceptors (Lipinski definition) is 7. The Labute approximate surface area is 190 Å². The van der Waals surface area contributed by atoms with Gasteiger partial charge in [0.1, 0.15) is 18.0 Å². The fourth-order valence-electron chi connectivity index (χ4n) is 3.00. The Morgan fingerprint density at radius 1 is 1.00 bits per heavy atom. The highest BCUT2D eigenvalue weighted by atomic mass is 32.2. The maximum atomic E-state index is 13.3. The van der Waals surface area contributed by atoms with E-state index in [0.717, 1.165) is 4.31 Å². The number of hydrogen-bond donors (Lipinski definition) is 1. The summed E-state index contributed by atoms with van der Waals surface area (Å²) in [7, 11) is -1.24. The van der Waals surface area contributed by atoms with Crippen molar-refractivity contribution >= 4 is 33.0 Å². The lowest BCUT2D eigenvalue weighted by molar-refractivity contribution is -0.384. The third-order valence-corrected chi connectivity index (χ3v) is 6.44. The lowest BCUT2D eigenvalue weighted by Gasteiger charge is -2.24. The average molecular weight is 471 g/mol. The molecule has 0 aliphatic heterocycles. The summed E-state index contributed by atoms with van der Waals surface area (Å²) in [6.07, 6.45) is 0. The number of carbonyl (C=O) groups excluding carboxylic acids is 1. The molecule has 0 fully saturated rings. The number of sulfonamides is 1. The molecule has 0 heterocycles. The van der Waals surface area contributed by atoms with Crippen molar-refractivity contribution in [3.05, 3.63) is 82.9 Å². The summed E-state index contributed by atoms with van der Waals surface area (Å²) >= 11 is 0. The van der Waals surface area contributed by atoms with Crippen LogP contribution in [0, 0.1) is 10.1 Å². The summed E-state index contributed by atoms with van der Waals surface area (Å²) in [5.41, 5.74) is 0.216. The first kappa shape index (κ1) is 23.5. The van der Waals surface area contributed by atoms with Crippen LogP contribution in [0.5, 0.6) is 11.5 Å². The Morgan fingerprint density at radius 3 is 2.24 bits per heavy atom. The van der Waals surface area contributed by atoms with E-state index in [4.69, 9.17) is 9.47 Å². The zero-order valence-electron chi connectivity index (χ0n) is 17.8. The molecular formula is C22H21N3O7S. The SMILES string of the molecule is COc1ccc(NC(=O)CN(c2ccc([N+](=O)[O-])cc2)S(=O)(=O)c2ccccc2)c(OC)c1. The summed E-state index contributed by atoms with van der Waals surface area (Å²) in [5, 5.41) is 13.6. The number of ether oxygens (including phenoxy) is 2. The fourth-order valence-corrected chi connectivity index (χ4v) is 4.44. The van der Waals surface area contributed by atoms with Crippen LogP contribution < -0.4 is 19.1 Å². The zero-order valence-corrected chi connectivity index (χ0v) is 18.6. The number of nitro benzene ring substituents is 1. The van der Waals surface area contributed by atoms with Crippen molar-refractivity contribution in [2.24, 2.45) is 0 Å². The molecule has 0 aliphatic carbocycles. The van der Waals surface area contributed by atoms with Crippen LogP contribution >= 0.6 is 0 Å². The van der Waals surface area contributed by atoms with Crippen LogP contribution in [0.4, 0.5) is 17.1 Å². The van der Waals surface area contributed by atoms with Crippen molar-refractivity contribution in [1.29, 1.82) is 0 Å². The van der Waals surface area contributed by atoms with Crippen LogP contribution in [-0.2, 0) is 14.8 Å². The molecule has 3 aromatic rings. The minimum Gasteiger partial charge on any atom is -0.497 e. The third-order valence-electron chi connectivity index (χ3n) is 4.65. The molecule has 1 amide bonds. The van der Waals surface area contributed by atoms with Gasteiger partial charge in [-0.3, -0.25) is 19.2 Å². The van der Waals surface area contributed by atoms with Crippen LogP contribution in [-0.4, -0.2) is 40.0 Å². The maximum Gasteiger partial charge on any atom is 0.269 e. The van der Waals surface area contributed by atoms with Gasteiger partial charge in [0.25, 0.3) is 15.7 Å². The predicted molar refractivity (Wildman–Crippen MR) is 122 cm³/mol. The van der Waals surface area contributed by atoms with Crippen LogP contribution in [0.15, 0.2) is 77.7 Å². The molecule has 3 rings (SSSR count). The lowest BCUT2D eigenvalue weighted by atomic mass is 10.2. The predicted octanol–water partition coefficient (Wildman–Crippen LogP) is 3.45. The summed E-state index contributed by atoms with van der Waals surface area (Å²) < 4.78 is 37.9. The molecule has 0 saturated heterocycles. The monoisotopic (exact) mass is 471 g/mol. The number of nitrogens with zero attached hydrogens (tertiary/aromatic N) is 2. The van der Waals surface area contributed by atoms with Gasteiger partial charge in [-0.05, 0) is 36.4 Å². The molecular weight excluding hydrogens is 450 g/mol. The van der Waals surface area contributed by atoms with Gasteiger partial charge in [-0.25, -0.2) is 8.42 Å². The van der Waals surface area contributed by atoms with E-state index < -0.39 is 27.4 Å². The van der Waals surface area contributed by atoms with Gasteiger partial charge < -0.3 is 14.8 Å². The van der Waals surface area contributed by atoms with Crippen LogP contribution in [0.2, 0.25) is 0 Å². The van der Waals surface area contributed by atoms with Crippen molar-refractivity contribution in [2.75, 3.05) is 30.4 Å². The average Bonchev–Trinajstić information content (AvgIpc) is 2.83. The second-order valence-electron chi connectivity index (χ2n) is 6.71. The van der Waals surface area contributed by atoms with E-state index in [1.165, 1.54) is 50.6 Å². The Bertz CT molecular complexity index is 1250. The standard InChI is InChI=1S/C22H21N3O7S/c1-31-18-12-13-20(21(14-18)32-2)23-22(26)15-24(16-8-10-17(11-9-16)25(27)28)33(29,30)19-6-4-3-5-7-19/h3-14H,15H2,1-2H3,(H,23,26). The van der Waals surface area contributed by atoms with Crippen molar-refractivity contribution in [1.82, 2.24) is 0 Å². The molecule has 0 radical (unpaired) electrons. The molecule has 11 heteroatoms. The van der Waals surface area contributed by atoms with Crippen molar-refractivity contribution in [2.45, 2.75) is 4.90 Å². The number of nitro groups is 1. The Hall–Kier alpha value is -4.12. The van der Waals surface area contributed by atoms with Gasteiger partial charge in [-0.15, -0.1) is 0 Å². The lowest BCUT2D eigenvalue weighted by Crippen LogP contribution is -2.38. The first-order chi connectivity index (χ1) is 15.8. The Morgan fingerprint density at radius 2 is 1.67 bits per heavy atom. The van der Waals surface area contributed by atoms with Crippen molar-refractivity contribution < 1.29 is 27.6 Å². The van der Waals surface area contributed by atoms with Crippen molar-refractivity contribution in [3.8, 4) is 11.5 Å². The molecule has 33 heavy (non-hydrogen) atoms. The summed E-state index contributed by atoms with van der Waals surface area (Å²) in [4.78, 5) is 23.2.